The average Bonchev–Trinajstić information content (AvgIpc) is 3.44. The number of rotatable bonds is 8. The van der Waals surface area contributed by atoms with Gasteiger partial charge in [-0.3, -0.25) is 9.69 Å². The van der Waals surface area contributed by atoms with Gasteiger partial charge in [0.05, 0.1) is 18.8 Å². The second-order valence-electron chi connectivity index (χ2n) is 7.83. The lowest BCUT2D eigenvalue weighted by Crippen LogP contribution is -2.30. The van der Waals surface area contributed by atoms with E-state index >= 15 is 0 Å². The summed E-state index contributed by atoms with van der Waals surface area (Å²) in [7, 11) is 0. The number of aryl methyl sites for hydroxylation is 3. The maximum absolute atomic E-state index is 13.5. The van der Waals surface area contributed by atoms with Crippen LogP contribution in [0.25, 0.3) is 5.78 Å². The fourth-order valence-corrected chi connectivity index (χ4v) is 4.77. The standard InChI is InChI=1S/C24H26N6O3S/c1-5-33-22(32)21-16(3)28-24(34-21)29(13-18-9-7-6-8-10-18)20(31)12-11-19-15(2)27-23-25-14-26-30(23)17(19)4/h6-10,14H,5,11-13H2,1-4H3. The third kappa shape index (κ3) is 4.81. The molecule has 0 atom stereocenters. The quantitative estimate of drug-likeness (QED) is 0.354. The molecule has 0 unspecified atom stereocenters. The smallest absolute Gasteiger partial charge is 0.350 e. The van der Waals surface area contributed by atoms with Gasteiger partial charge in [0.25, 0.3) is 5.78 Å². The normalized spacial score (nSPS) is 11.1. The Morgan fingerprint density at radius 2 is 1.85 bits per heavy atom. The topological polar surface area (TPSA) is 103 Å². The molecule has 0 bridgehead atoms. The number of thiazole rings is 1. The third-order valence-electron chi connectivity index (χ3n) is 5.54. The molecule has 0 aliphatic heterocycles. The maximum Gasteiger partial charge on any atom is 0.350 e. The minimum Gasteiger partial charge on any atom is -0.462 e. The molecular weight excluding hydrogens is 452 g/mol. The van der Waals surface area contributed by atoms with E-state index in [0.717, 1.165) is 22.5 Å². The highest BCUT2D eigenvalue weighted by Gasteiger charge is 2.24. The number of esters is 1. The number of hydrogen-bond donors (Lipinski definition) is 0. The minimum absolute atomic E-state index is 0.0921. The van der Waals surface area contributed by atoms with E-state index in [1.807, 2.05) is 44.2 Å². The number of fused-ring (bicyclic) bond motifs is 1. The second-order valence-corrected chi connectivity index (χ2v) is 8.81. The summed E-state index contributed by atoms with van der Waals surface area (Å²) >= 11 is 1.18. The molecule has 0 fully saturated rings. The Balaban J connectivity index is 1.61. The fraction of sp³-hybridized carbons (Fsp3) is 0.333. The van der Waals surface area contributed by atoms with Crippen LogP contribution in [0.3, 0.4) is 0 Å². The Morgan fingerprint density at radius 1 is 1.09 bits per heavy atom. The van der Waals surface area contributed by atoms with Crippen molar-refractivity contribution in [1.82, 2.24) is 24.6 Å². The van der Waals surface area contributed by atoms with Crippen molar-refractivity contribution >= 4 is 34.1 Å². The maximum atomic E-state index is 13.5. The molecular formula is C24H26N6O3S. The molecule has 1 aromatic carbocycles. The van der Waals surface area contributed by atoms with E-state index in [2.05, 4.69) is 20.1 Å². The van der Waals surface area contributed by atoms with Crippen LogP contribution in [-0.2, 0) is 22.5 Å². The number of carbonyl (C=O) groups is 2. The Kier molecular flexibility index (Phi) is 6.97. The van der Waals surface area contributed by atoms with Crippen molar-refractivity contribution < 1.29 is 14.3 Å². The Bertz CT molecular complexity index is 1330. The zero-order valence-corrected chi connectivity index (χ0v) is 20.4. The molecule has 0 N–H and O–H groups in total. The first-order valence-corrected chi connectivity index (χ1v) is 11.8. The lowest BCUT2D eigenvalue weighted by molar-refractivity contribution is -0.118. The highest BCUT2D eigenvalue weighted by atomic mass is 32.1. The summed E-state index contributed by atoms with van der Waals surface area (Å²) in [6.45, 7) is 8.01. The van der Waals surface area contributed by atoms with E-state index in [-0.39, 0.29) is 18.9 Å². The van der Waals surface area contributed by atoms with Gasteiger partial charge in [-0.05, 0) is 45.2 Å². The van der Waals surface area contributed by atoms with E-state index in [0.29, 0.717) is 34.4 Å². The monoisotopic (exact) mass is 478 g/mol. The number of ether oxygens (including phenoxy) is 1. The number of hydrogen-bond acceptors (Lipinski definition) is 8. The predicted molar refractivity (Wildman–Crippen MR) is 129 cm³/mol. The summed E-state index contributed by atoms with van der Waals surface area (Å²) in [6, 6.07) is 9.72. The number of aromatic nitrogens is 5. The zero-order chi connectivity index (χ0) is 24.2. The van der Waals surface area contributed by atoms with Gasteiger partial charge in [0.15, 0.2) is 5.13 Å². The van der Waals surface area contributed by atoms with Crippen LogP contribution in [-0.4, -0.2) is 43.0 Å². The van der Waals surface area contributed by atoms with Gasteiger partial charge in [0.2, 0.25) is 5.91 Å². The Morgan fingerprint density at radius 3 is 2.59 bits per heavy atom. The minimum atomic E-state index is -0.422. The molecule has 3 aromatic heterocycles. The van der Waals surface area contributed by atoms with Crippen molar-refractivity contribution in [3.63, 3.8) is 0 Å². The molecule has 3 heterocycles. The highest BCUT2D eigenvalue weighted by molar-refractivity contribution is 7.17. The number of amides is 1. The second kappa shape index (κ2) is 10.1. The molecule has 4 rings (SSSR count). The summed E-state index contributed by atoms with van der Waals surface area (Å²) in [5.41, 5.74) is 4.23. The van der Waals surface area contributed by atoms with Gasteiger partial charge >= 0.3 is 5.97 Å². The number of carbonyl (C=O) groups excluding carboxylic acids is 2. The van der Waals surface area contributed by atoms with Crippen molar-refractivity contribution in [2.45, 2.75) is 47.1 Å². The van der Waals surface area contributed by atoms with Gasteiger partial charge in [-0.15, -0.1) is 0 Å². The third-order valence-corrected chi connectivity index (χ3v) is 6.70. The molecule has 9 nitrogen and oxygen atoms in total. The molecule has 34 heavy (non-hydrogen) atoms. The van der Waals surface area contributed by atoms with Crippen LogP contribution in [0.4, 0.5) is 5.13 Å². The average molecular weight is 479 g/mol. The van der Waals surface area contributed by atoms with Crippen LogP contribution in [0.5, 0.6) is 0 Å². The van der Waals surface area contributed by atoms with Gasteiger partial charge in [0.1, 0.15) is 11.2 Å². The summed E-state index contributed by atoms with van der Waals surface area (Å²) in [4.78, 5) is 41.1. The SMILES string of the molecule is CCOC(=O)c1sc(N(Cc2ccccc2)C(=O)CCc2c(C)nc3ncnn3c2C)nc1C. The summed E-state index contributed by atoms with van der Waals surface area (Å²) in [6.07, 6.45) is 2.22. The summed E-state index contributed by atoms with van der Waals surface area (Å²) < 4.78 is 6.83. The lowest BCUT2D eigenvalue weighted by Gasteiger charge is -2.20. The summed E-state index contributed by atoms with van der Waals surface area (Å²) in [5.74, 6) is 0.0281. The molecule has 0 spiro atoms. The van der Waals surface area contributed by atoms with E-state index in [9.17, 15) is 9.59 Å². The van der Waals surface area contributed by atoms with Crippen LogP contribution in [0.1, 0.15) is 51.2 Å². The molecule has 176 valence electrons. The molecule has 0 radical (unpaired) electrons. The van der Waals surface area contributed by atoms with Crippen LogP contribution < -0.4 is 4.90 Å². The number of nitrogens with zero attached hydrogens (tertiary/aromatic N) is 6. The van der Waals surface area contributed by atoms with E-state index < -0.39 is 5.97 Å². The first-order valence-electron chi connectivity index (χ1n) is 11.0. The van der Waals surface area contributed by atoms with Crippen molar-refractivity contribution in [3.8, 4) is 0 Å². The largest absolute Gasteiger partial charge is 0.462 e. The van der Waals surface area contributed by atoms with Crippen molar-refractivity contribution in [3.05, 3.63) is 69.7 Å². The van der Waals surface area contributed by atoms with Crippen LogP contribution >= 0.6 is 11.3 Å². The fourth-order valence-electron chi connectivity index (χ4n) is 3.80. The Hall–Kier alpha value is -3.66. The molecule has 0 aliphatic rings. The number of benzene rings is 1. The van der Waals surface area contributed by atoms with Crippen LogP contribution in [0.2, 0.25) is 0 Å². The molecule has 1 amide bonds. The van der Waals surface area contributed by atoms with Gasteiger partial charge in [0, 0.05) is 17.8 Å². The highest BCUT2D eigenvalue weighted by Crippen LogP contribution is 2.29. The molecule has 0 aliphatic carbocycles. The Labute approximate surface area is 201 Å². The van der Waals surface area contributed by atoms with E-state index in [1.165, 1.54) is 17.7 Å². The molecule has 0 saturated carbocycles. The van der Waals surface area contributed by atoms with Crippen molar-refractivity contribution in [2.24, 2.45) is 0 Å². The van der Waals surface area contributed by atoms with Crippen LogP contribution in [0, 0.1) is 20.8 Å². The van der Waals surface area contributed by atoms with E-state index in [1.54, 1.807) is 23.3 Å². The first kappa shape index (κ1) is 23.5. The molecule has 10 heteroatoms. The van der Waals surface area contributed by atoms with Crippen LogP contribution in [0.15, 0.2) is 36.7 Å². The van der Waals surface area contributed by atoms with Crippen molar-refractivity contribution in [1.29, 1.82) is 0 Å². The summed E-state index contributed by atoms with van der Waals surface area (Å²) in [5, 5.41) is 4.70. The zero-order valence-electron chi connectivity index (χ0n) is 19.6. The number of anilines is 1. The van der Waals surface area contributed by atoms with Crippen molar-refractivity contribution in [2.75, 3.05) is 11.5 Å². The van der Waals surface area contributed by atoms with Gasteiger partial charge in [-0.1, -0.05) is 41.7 Å². The van der Waals surface area contributed by atoms with E-state index in [4.69, 9.17) is 4.74 Å². The molecule has 4 aromatic rings. The molecule has 0 saturated heterocycles. The van der Waals surface area contributed by atoms with Gasteiger partial charge in [-0.25, -0.2) is 19.3 Å². The van der Waals surface area contributed by atoms with Gasteiger partial charge in [-0.2, -0.15) is 10.1 Å². The predicted octanol–water partition coefficient (Wildman–Crippen LogP) is 3.85. The first-order chi connectivity index (χ1) is 16.4. The lowest BCUT2D eigenvalue weighted by atomic mass is 10.1. The van der Waals surface area contributed by atoms with Gasteiger partial charge < -0.3 is 4.74 Å².